The average Bonchev–Trinajstić information content (AvgIpc) is 3.33. The van der Waals surface area contributed by atoms with Crippen LogP contribution in [0.1, 0.15) is 67.7 Å². The van der Waals surface area contributed by atoms with Gasteiger partial charge in [0, 0.05) is 50.5 Å². The molecule has 4 heterocycles. The minimum atomic E-state index is -0.745. The van der Waals surface area contributed by atoms with E-state index in [0.29, 0.717) is 50.6 Å². The molecule has 9 nitrogen and oxygen atoms in total. The number of piperidine rings is 1. The van der Waals surface area contributed by atoms with E-state index in [1.807, 2.05) is 63.3 Å². The molecule has 0 saturated carbocycles. The number of hydrogen-bond donors (Lipinski definition) is 0. The number of fused-ring (bicyclic) bond motifs is 2. The highest BCUT2D eigenvalue weighted by atomic mass is 35.5. The summed E-state index contributed by atoms with van der Waals surface area (Å²) in [6.07, 6.45) is 7.90. The first-order valence-electron chi connectivity index (χ1n) is 15.9. The van der Waals surface area contributed by atoms with Gasteiger partial charge >= 0.3 is 6.09 Å². The van der Waals surface area contributed by atoms with E-state index in [1.165, 1.54) is 6.20 Å². The van der Waals surface area contributed by atoms with E-state index in [0.717, 1.165) is 47.5 Å². The summed E-state index contributed by atoms with van der Waals surface area (Å²) in [6, 6.07) is 6.37. The minimum Gasteiger partial charge on any atom is -0.444 e. The zero-order valence-corrected chi connectivity index (χ0v) is 27.3. The molecule has 1 unspecified atom stereocenters. The number of carbonyl (C=O) groups excluding carboxylic acids is 2. The number of likely N-dealkylation sites (tertiary alicyclic amines) is 1. The molecule has 3 aromatic rings. The van der Waals surface area contributed by atoms with Crippen molar-refractivity contribution >= 4 is 23.6 Å². The highest BCUT2D eigenvalue weighted by Crippen LogP contribution is 2.38. The molecule has 0 radical (unpaired) electrons. The lowest BCUT2D eigenvalue weighted by Gasteiger charge is -2.46. The maximum Gasteiger partial charge on any atom is 0.411 e. The van der Waals surface area contributed by atoms with E-state index in [-0.39, 0.29) is 23.7 Å². The van der Waals surface area contributed by atoms with Gasteiger partial charge in [-0.3, -0.25) is 19.6 Å². The molecule has 3 aliphatic rings. The molecule has 2 amide bonds. The van der Waals surface area contributed by atoms with Gasteiger partial charge in [0.2, 0.25) is 5.91 Å². The first-order chi connectivity index (χ1) is 21.4. The number of aromatic nitrogens is 3. The normalized spacial score (nSPS) is 22.4. The highest BCUT2D eigenvalue weighted by Gasteiger charge is 2.43. The predicted molar refractivity (Wildman–Crippen MR) is 169 cm³/mol. The third-order valence-corrected chi connectivity index (χ3v) is 9.28. The number of ether oxygens (including phenoxy) is 1. The number of hydrogen-bond acceptors (Lipinski definition) is 6. The number of benzene rings is 1. The first-order valence-corrected chi connectivity index (χ1v) is 16.3. The van der Waals surface area contributed by atoms with Crippen molar-refractivity contribution in [2.24, 2.45) is 5.92 Å². The molecule has 0 N–H and O–H groups in total. The van der Waals surface area contributed by atoms with Crippen molar-refractivity contribution in [2.75, 3.05) is 32.7 Å². The Balaban J connectivity index is 1.32. The Kier molecular flexibility index (Phi) is 8.89. The highest BCUT2D eigenvalue weighted by molar-refractivity contribution is 6.30. The van der Waals surface area contributed by atoms with E-state index in [9.17, 15) is 14.0 Å². The van der Waals surface area contributed by atoms with Gasteiger partial charge in [0.05, 0.1) is 30.0 Å². The van der Waals surface area contributed by atoms with Crippen molar-refractivity contribution in [3.05, 3.63) is 81.9 Å². The number of aryl methyl sites for hydroxylation is 3. The quantitative estimate of drug-likeness (QED) is 0.380. The summed E-state index contributed by atoms with van der Waals surface area (Å²) in [5.41, 5.74) is 4.02. The van der Waals surface area contributed by atoms with Gasteiger partial charge in [0.15, 0.2) is 0 Å². The lowest BCUT2D eigenvalue weighted by molar-refractivity contribution is -0.141. The zero-order valence-electron chi connectivity index (χ0n) is 26.5. The van der Waals surface area contributed by atoms with Crippen LogP contribution in [0.25, 0.3) is 0 Å². The Morgan fingerprint density at radius 2 is 1.87 bits per heavy atom. The van der Waals surface area contributed by atoms with Gasteiger partial charge in [-0.15, -0.1) is 0 Å². The maximum absolute atomic E-state index is 14.5. The van der Waals surface area contributed by atoms with Gasteiger partial charge in [-0.05, 0) is 94.2 Å². The van der Waals surface area contributed by atoms with Crippen LogP contribution in [0, 0.1) is 18.7 Å². The third-order valence-electron chi connectivity index (χ3n) is 9.04. The smallest absolute Gasteiger partial charge is 0.411 e. The van der Waals surface area contributed by atoms with Gasteiger partial charge in [-0.1, -0.05) is 17.7 Å². The van der Waals surface area contributed by atoms with Crippen LogP contribution in [0.2, 0.25) is 5.02 Å². The summed E-state index contributed by atoms with van der Waals surface area (Å²) in [5, 5.41) is 0.644. The SMILES string of the molecule is Cc1cn(C[C@@H]2CCCN(C(=O)[C@H]3CN(C4c5ccc(Cl)cc5CCc5cc(F)cnc54)CCN3C(=O)OC(C)(C)C)C2)cn1. The molecule has 3 atom stereocenters. The number of pyridine rings is 1. The van der Waals surface area contributed by atoms with Crippen LogP contribution in [-0.2, 0) is 28.9 Å². The number of imidazole rings is 1. The maximum atomic E-state index is 14.5. The second kappa shape index (κ2) is 12.7. The van der Waals surface area contributed by atoms with Crippen LogP contribution < -0.4 is 0 Å². The Hall–Kier alpha value is -3.50. The van der Waals surface area contributed by atoms with E-state index >= 15 is 0 Å². The Morgan fingerprint density at radius 1 is 1.07 bits per heavy atom. The lowest BCUT2D eigenvalue weighted by atomic mass is 9.94. The van der Waals surface area contributed by atoms with E-state index < -0.39 is 17.7 Å². The zero-order chi connectivity index (χ0) is 31.9. The Labute approximate surface area is 269 Å². The molecule has 2 saturated heterocycles. The number of piperazine rings is 1. The number of amides is 2. The summed E-state index contributed by atoms with van der Waals surface area (Å²) < 4.78 is 22.3. The van der Waals surface area contributed by atoms with Crippen molar-refractivity contribution < 1.29 is 18.7 Å². The summed E-state index contributed by atoms with van der Waals surface area (Å²) in [4.78, 5) is 42.7. The molecule has 45 heavy (non-hydrogen) atoms. The van der Waals surface area contributed by atoms with Crippen molar-refractivity contribution in [1.82, 2.24) is 29.2 Å². The van der Waals surface area contributed by atoms with Crippen molar-refractivity contribution in [1.29, 1.82) is 0 Å². The van der Waals surface area contributed by atoms with E-state index in [4.69, 9.17) is 16.3 Å². The van der Waals surface area contributed by atoms with Gasteiger partial charge in [0.1, 0.15) is 17.5 Å². The largest absolute Gasteiger partial charge is 0.444 e. The van der Waals surface area contributed by atoms with Gasteiger partial charge < -0.3 is 14.2 Å². The molecule has 0 spiro atoms. The fourth-order valence-corrected chi connectivity index (χ4v) is 7.26. The topological polar surface area (TPSA) is 83.8 Å². The molecule has 240 valence electrons. The molecule has 1 aromatic carbocycles. The van der Waals surface area contributed by atoms with Crippen molar-refractivity contribution in [2.45, 2.75) is 77.6 Å². The number of nitrogens with zero attached hydrogens (tertiary/aromatic N) is 6. The monoisotopic (exact) mass is 636 g/mol. The number of halogens is 2. The van der Waals surface area contributed by atoms with Gasteiger partial charge in [-0.2, -0.15) is 0 Å². The fraction of sp³-hybridized carbons (Fsp3) is 0.529. The van der Waals surface area contributed by atoms with Crippen molar-refractivity contribution in [3.8, 4) is 0 Å². The summed E-state index contributed by atoms with van der Waals surface area (Å²) in [7, 11) is 0. The van der Waals surface area contributed by atoms with Crippen LogP contribution in [0.15, 0.2) is 43.0 Å². The Morgan fingerprint density at radius 3 is 2.62 bits per heavy atom. The lowest BCUT2D eigenvalue weighted by Crippen LogP contribution is -2.63. The molecular weight excluding hydrogens is 595 g/mol. The second-order valence-corrected chi connectivity index (χ2v) is 14.1. The molecule has 2 aromatic heterocycles. The first kappa shape index (κ1) is 31.5. The van der Waals surface area contributed by atoms with Crippen LogP contribution in [0.3, 0.4) is 0 Å². The summed E-state index contributed by atoms with van der Waals surface area (Å²) in [6.45, 7) is 10.6. The van der Waals surface area contributed by atoms with E-state index in [1.54, 1.807) is 11.0 Å². The Bertz CT molecular complexity index is 1520. The molecule has 2 aliphatic heterocycles. The molecular formula is C34H42ClFN6O3. The van der Waals surface area contributed by atoms with Crippen molar-refractivity contribution in [3.63, 3.8) is 0 Å². The van der Waals surface area contributed by atoms with Crippen LogP contribution in [0.5, 0.6) is 0 Å². The van der Waals surface area contributed by atoms with Crippen LogP contribution in [0.4, 0.5) is 9.18 Å². The molecule has 6 rings (SSSR count). The average molecular weight is 637 g/mol. The van der Waals surface area contributed by atoms with Crippen LogP contribution >= 0.6 is 11.6 Å². The molecule has 0 bridgehead atoms. The fourth-order valence-electron chi connectivity index (χ4n) is 7.07. The number of rotatable bonds is 4. The summed E-state index contributed by atoms with van der Waals surface area (Å²) >= 11 is 6.42. The third kappa shape index (κ3) is 7.02. The van der Waals surface area contributed by atoms with Gasteiger partial charge in [-0.25, -0.2) is 14.2 Å². The number of carbonyl (C=O) groups is 2. The van der Waals surface area contributed by atoms with Crippen LogP contribution in [-0.4, -0.2) is 85.6 Å². The molecule has 11 heteroatoms. The standard InChI is InChI=1S/C34H42ClFN6O3/c1-22-17-39(21-38-22)18-23-6-5-11-41(19-23)32(43)29-20-40(12-13-42(29)33(44)45-34(2,3)4)31-28-10-9-26(35)14-24(28)7-8-25-15-27(36)16-37-30(25)31/h9-10,14-17,21,23,29,31H,5-8,11-13,18-20H2,1-4H3/t23-,29+,31?/m0/s1. The van der Waals surface area contributed by atoms with Gasteiger partial charge in [0.25, 0.3) is 0 Å². The summed E-state index contributed by atoms with van der Waals surface area (Å²) in [5.74, 6) is -0.158. The molecule has 1 aliphatic carbocycles. The minimum absolute atomic E-state index is 0.0747. The molecule has 2 fully saturated rings. The van der Waals surface area contributed by atoms with E-state index in [2.05, 4.69) is 19.4 Å². The predicted octanol–water partition coefficient (Wildman–Crippen LogP) is 5.43. The second-order valence-electron chi connectivity index (χ2n) is 13.6.